The number of methoxy groups -OCH3 is 1. The maximum Gasteiger partial charge on any atom is 0.329 e. The summed E-state index contributed by atoms with van der Waals surface area (Å²) in [6.07, 6.45) is 7.48. The number of anilines is 3. The number of esters is 1. The molecule has 0 unspecified atom stereocenters. The fourth-order valence-electron chi connectivity index (χ4n) is 4.66. The second-order valence-corrected chi connectivity index (χ2v) is 11.8. The van der Waals surface area contributed by atoms with Gasteiger partial charge in [0.05, 0.1) is 6.10 Å². The molecule has 2 atom stereocenters. The van der Waals surface area contributed by atoms with Gasteiger partial charge in [-0.25, -0.2) is 19.7 Å². The van der Waals surface area contributed by atoms with Gasteiger partial charge in [-0.1, -0.05) is 6.07 Å². The molecule has 222 valence electrons. The number of rotatable bonds is 15. The highest BCUT2D eigenvalue weighted by molar-refractivity contribution is 5.79. The Morgan fingerprint density at radius 1 is 1.18 bits per heavy atom. The second kappa shape index (κ2) is 15.1. The SMILES string of the molecule is CO[C@H](C)CN(CCCCc1ccc2c(n1)NCCC2)CC[C@H](Nc1cc(N(C)C)ncn1)C(=O)OC(C)(C)C. The van der Waals surface area contributed by atoms with E-state index in [0.717, 1.165) is 69.2 Å². The lowest BCUT2D eigenvalue weighted by Gasteiger charge is -2.29. The average molecular weight is 556 g/mol. The minimum atomic E-state index is -0.581. The number of hydrogen-bond acceptors (Lipinski definition) is 10. The molecular weight excluding hydrogens is 506 g/mol. The van der Waals surface area contributed by atoms with E-state index in [1.165, 1.54) is 18.3 Å². The number of ether oxygens (including phenoxy) is 2. The summed E-state index contributed by atoms with van der Waals surface area (Å²) in [4.78, 5) is 30.9. The van der Waals surface area contributed by atoms with Crippen LogP contribution in [0.5, 0.6) is 0 Å². The van der Waals surface area contributed by atoms with Crippen LogP contribution in [-0.2, 0) is 27.1 Å². The number of carbonyl (C=O) groups is 1. The standard InChI is InChI=1S/C30H49N7O3/c1-22(39-7)20-37(17-9-8-12-24-14-13-23-11-10-16-31-28(23)34-24)18-15-25(29(38)40-30(2,3)4)35-26-19-27(36(5)6)33-21-32-26/h13-14,19,21-22,25H,8-12,15-18,20H2,1-7H3,(H,31,34)(H,32,33,35)/t22-,25+/m1/s1. The maximum atomic E-state index is 13.2. The lowest BCUT2D eigenvalue weighted by atomic mass is 10.1. The maximum absolute atomic E-state index is 13.2. The first-order valence-corrected chi connectivity index (χ1v) is 14.5. The minimum Gasteiger partial charge on any atom is -0.458 e. The Labute approximate surface area is 240 Å². The van der Waals surface area contributed by atoms with Gasteiger partial charge < -0.3 is 29.9 Å². The molecule has 40 heavy (non-hydrogen) atoms. The van der Waals surface area contributed by atoms with E-state index in [4.69, 9.17) is 14.5 Å². The van der Waals surface area contributed by atoms with Gasteiger partial charge >= 0.3 is 5.97 Å². The third-order valence-electron chi connectivity index (χ3n) is 6.89. The van der Waals surface area contributed by atoms with Gasteiger partial charge in [0.2, 0.25) is 0 Å². The molecule has 0 bridgehead atoms. The van der Waals surface area contributed by atoms with Crippen LogP contribution in [-0.4, -0.2) is 91.0 Å². The van der Waals surface area contributed by atoms with Crippen molar-refractivity contribution in [1.82, 2.24) is 19.9 Å². The molecule has 0 saturated carbocycles. The van der Waals surface area contributed by atoms with E-state index in [9.17, 15) is 4.79 Å². The summed E-state index contributed by atoms with van der Waals surface area (Å²) in [6.45, 7) is 11.2. The van der Waals surface area contributed by atoms with Gasteiger partial charge in [0.1, 0.15) is 35.4 Å². The van der Waals surface area contributed by atoms with Crippen molar-refractivity contribution in [2.45, 2.75) is 84.0 Å². The number of carbonyl (C=O) groups excluding carboxylic acids is 1. The lowest BCUT2D eigenvalue weighted by Crippen LogP contribution is -2.41. The van der Waals surface area contributed by atoms with Gasteiger partial charge in [0.15, 0.2) is 0 Å². The van der Waals surface area contributed by atoms with E-state index < -0.39 is 11.6 Å². The van der Waals surface area contributed by atoms with E-state index in [-0.39, 0.29) is 12.1 Å². The van der Waals surface area contributed by atoms with Crippen LogP contribution < -0.4 is 15.5 Å². The minimum absolute atomic E-state index is 0.0887. The molecule has 2 aromatic heterocycles. The zero-order valence-corrected chi connectivity index (χ0v) is 25.5. The Morgan fingerprint density at radius 2 is 1.98 bits per heavy atom. The summed E-state index contributed by atoms with van der Waals surface area (Å²) in [5.74, 6) is 2.13. The number of hydrogen-bond donors (Lipinski definition) is 2. The van der Waals surface area contributed by atoms with Crippen molar-refractivity contribution in [3.8, 4) is 0 Å². The highest BCUT2D eigenvalue weighted by Gasteiger charge is 2.26. The van der Waals surface area contributed by atoms with Gasteiger partial charge in [-0.05, 0) is 84.4 Å². The van der Waals surface area contributed by atoms with Crippen molar-refractivity contribution in [3.63, 3.8) is 0 Å². The van der Waals surface area contributed by atoms with Gasteiger partial charge in [-0.2, -0.15) is 0 Å². The smallest absolute Gasteiger partial charge is 0.329 e. The number of aryl methyl sites for hydroxylation is 2. The second-order valence-electron chi connectivity index (χ2n) is 11.8. The highest BCUT2D eigenvalue weighted by atomic mass is 16.6. The van der Waals surface area contributed by atoms with E-state index in [1.807, 2.05) is 45.8 Å². The molecule has 2 N–H and O–H groups in total. The topological polar surface area (TPSA) is 105 Å². The Bertz CT molecular complexity index is 1070. The fraction of sp³-hybridized carbons (Fsp3) is 0.667. The molecule has 2 aromatic rings. The van der Waals surface area contributed by atoms with E-state index >= 15 is 0 Å². The number of nitrogens with zero attached hydrogens (tertiary/aromatic N) is 5. The van der Waals surface area contributed by atoms with Crippen molar-refractivity contribution in [2.24, 2.45) is 0 Å². The Kier molecular flexibility index (Phi) is 11.9. The third kappa shape index (κ3) is 10.5. The summed E-state index contributed by atoms with van der Waals surface area (Å²) in [7, 11) is 5.58. The Balaban J connectivity index is 1.61. The normalized spacial score (nSPS) is 14.7. The largest absolute Gasteiger partial charge is 0.458 e. The zero-order chi connectivity index (χ0) is 29.1. The first-order chi connectivity index (χ1) is 19.0. The fourth-order valence-corrected chi connectivity index (χ4v) is 4.66. The molecule has 0 amide bonds. The van der Waals surface area contributed by atoms with Gasteiger partial charge in [0.25, 0.3) is 0 Å². The molecule has 0 radical (unpaired) electrons. The Hall–Kier alpha value is -2.98. The highest BCUT2D eigenvalue weighted by Crippen LogP contribution is 2.21. The summed E-state index contributed by atoms with van der Waals surface area (Å²) < 4.78 is 11.3. The van der Waals surface area contributed by atoms with Gasteiger partial charge in [0, 0.05) is 52.6 Å². The molecule has 0 aliphatic carbocycles. The molecule has 1 aliphatic heterocycles. The molecule has 10 nitrogen and oxygen atoms in total. The molecule has 3 heterocycles. The number of fused-ring (bicyclic) bond motifs is 1. The number of nitrogens with one attached hydrogen (secondary N) is 2. The Morgan fingerprint density at radius 3 is 2.70 bits per heavy atom. The van der Waals surface area contributed by atoms with Crippen molar-refractivity contribution in [2.75, 3.05) is 62.9 Å². The summed E-state index contributed by atoms with van der Waals surface area (Å²) in [6, 6.07) is 5.69. The van der Waals surface area contributed by atoms with E-state index in [1.54, 1.807) is 7.11 Å². The summed E-state index contributed by atoms with van der Waals surface area (Å²) >= 11 is 0. The third-order valence-corrected chi connectivity index (χ3v) is 6.89. The zero-order valence-electron chi connectivity index (χ0n) is 25.5. The summed E-state index contributed by atoms with van der Waals surface area (Å²) in [5.41, 5.74) is 1.88. The van der Waals surface area contributed by atoms with Crippen LogP contribution in [0.25, 0.3) is 0 Å². The first-order valence-electron chi connectivity index (χ1n) is 14.5. The van der Waals surface area contributed by atoms with Crippen LogP contribution in [0.3, 0.4) is 0 Å². The first kappa shape index (κ1) is 31.5. The lowest BCUT2D eigenvalue weighted by molar-refractivity contribution is -0.156. The monoisotopic (exact) mass is 555 g/mol. The molecule has 3 rings (SSSR count). The molecular formula is C30H49N7O3. The van der Waals surface area contributed by atoms with Crippen LogP contribution >= 0.6 is 0 Å². The molecule has 10 heteroatoms. The van der Waals surface area contributed by atoms with Crippen LogP contribution in [0.1, 0.15) is 64.6 Å². The number of aromatic nitrogens is 3. The quantitative estimate of drug-likeness (QED) is 0.246. The molecule has 0 aromatic carbocycles. The van der Waals surface area contributed by atoms with E-state index in [0.29, 0.717) is 12.2 Å². The van der Waals surface area contributed by atoms with Crippen LogP contribution in [0.15, 0.2) is 24.5 Å². The molecule has 1 aliphatic rings. The summed E-state index contributed by atoms with van der Waals surface area (Å²) in [5, 5.41) is 6.74. The van der Waals surface area contributed by atoms with E-state index in [2.05, 4.69) is 44.6 Å². The predicted octanol–water partition coefficient (Wildman–Crippen LogP) is 4.17. The molecule has 0 fully saturated rings. The van der Waals surface area contributed by atoms with Crippen molar-refractivity contribution in [3.05, 3.63) is 35.8 Å². The van der Waals surface area contributed by atoms with Crippen molar-refractivity contribution in [1.29, 1.82) is 0 Å². The predicted molar refractivity (Wildman–Crippen MR) is 161 cm³/mol. The van der Waals surface area contributed by atoms with Crippen molar-refractivity contribution >= 4 is 23.4 Å². The van der Waals surface area contributed by atoms with Crippen LogP contribution in [0, 0.1) is 0 Å². The van der Waals surface area contributed by atoms with Crippen LogP contribution in [0.4, 0.5) is 17.5 Å². The van der Waals surface area contributed by atoms with Crippen LogP contribution in [0.2, 0.25) is 0 Å². The number of pyridine rings is 1. The van der Waals surface area contributed by atoms with Gasteiger partial charge in [-0.15, -0.1) is 0 Å². The van der Waals surface area contributed by atoms with Gasteiger partial charge in [-0.3, -0.25) is 0 Å². The van der Waals surface area contributed by atoms with Crippen molar-refractivity contribution < 1.29 is 14.3 Å². The molecule has 0 spiro atoms. The number of unbranched alkanes of at least 4 members (excludes halogenated alkanes) is 1. The molecule has 0 saturated heterocycles. The average Bonchev–Trinajstić information content (AvgIpc) is 2.91.